The second-order valence-corrected chi connectivity index (χ2v) is 10.2. The molecule has 0 atom stereocenters. The molecule has 0 unspecified atom stereocenters. The smallest absolute Gasteiger partial charge is 0.336 e. The Hall–Kier alpha value is -4.54. The van der Waals surface area contributed by atoms with Crippen molar-refractivity contribution in [3.63, 3.8) is 0 Å². The van der Waals surface area contributed by atoms with Gasteiger partial charge in [0, 0.05) is 19.6 Å². The summed E-state index contributed by atoms with van der Waals surface area (Å²) in [7, 11) is 0. The van der Waals surface area contributed by atoms with Crippen LogP contribution in [0.1, 0.15) is 41.4 Å². The van der Waals surface area contributed by atoms with Gasteiger partial charge in [-0.05, 0) is 71.8 Å². The van der Waals surface area contributed by atoms with Crippen LogP contribution in [-0.4, -0.2) is 44.3 Å². The fourth-order valence-electron chi connectivity index (χ4n) is 3.60. The lowest BCUT2D eigenvalue weighted by atomic mass is 10.1. The summed E-state index contributed by atoms with van der Waals surface area (Å²) in [6.07, 6.45) is 0. The molecule has 0 aliphatic heterocycles. The molecule has 4 aromatic rings. The molecular formula is C28H18O8S2. The van der Waals surface area contributed by atoms with Crippen LogP contribution in [0.4, 0.5) is 0 Å². The third-order valence-electron chi connectivity index (χ3n) is 5.42. The van der Waals surface area contributed by atoms with Crippen molar-refractivity contribution in [1.82, 2.24) is 0 Å². The van der Waals surface area contributed by atoms with Crippen LogP contribution in [0.2, 0.25) is 0 Å². The molecule has 0 aromatic heterocycles. The number of carboxylic acid groups (broad SMARTS) is 4. The van der Waals surface area contributed by atoms with Gasteiger partial charge in [-0.15, -0.1) is 0 Å². The summed E-state index contributed by atoms with van der Waals surface area (Å²) in [5.74, 6) is -5.20. The number of hydrogen-bond acceptors (Lipinski definition) is 6. The third-order valence-corrected chi connectivity index (χ3v) is 7.41. The highest BCUT2D eigenvalue weighted by molar-refractivity contribution is 7.99. The highest BCUT2D eigenvalue weighted by atomic mass is 32.2. The van der Waals surface area contributed by atoms with Crippen molar-refractivity contribution in [3.8, 4) is 11.1 Å². The largest absolute Gasteiger partial charge is 0.478 e. The highest BCUT2D eigenvalue weighted by Gasteiger charge is 2.18. The summed E-state index contributed by atoms with van der Waals surface area (Å²) >= 11 is 2.63. The summed E-state index contributed by atoms with van der Waals surface area (Å²) in [4.78, 5) is 48.2. The summed E-state index contributed by atoms with van der Waals surface area (Å²) < 4.78 is 0. The average Bonchev–Trinajstić information content (AvgIpc) is 2.89. The third kappa shape index (κ3) is 6.05. The second-order valence-electron chi connectivity index (χ2n) is 7.89. The minimum absolute atomic E-state index is 0.265. The lowest BCUT2D eigenvalue weighted by Gasteiger charge is -2.08. The minimum atomic E-state index is -1.30. The van der Waals surface area contributed by atoms with Crippen molar-refractivity contribution in [1.29, 1.82) is 0 Å². The van der Waals surface area contributed by atoms with Crippen LogP contribution in [0.5, 0.6) is 0 Å². The van der Waals surface area contributed by atoms with E-state index in [2.05, 4.69) is 0 Å². The van der Waals surface area contributed by atoms with Crippen LogP contribution in [-0.2, 0) is 0 Å². The molecule has 0 heterocycles. The van der Waals surface area contributed by atoms with Gasteiger partial charge >= 0.3 is 23.9 Å². The zero-order valence-corrected chi connectivity index (χ0v) is 21.0. The van der Waals surface area contributed by atoms with Crippen molar-refractivity contribution in [3.05, 3.63) is 107 Å². The SMILES string of the molecule is O=C(O)c1ccc(Sc2ccc(-c3ccc(Sc4ccc(C(=O)O)c(C(=O)O)c4)cc3)cc2)cc1C(=O)O. The van der Waals surface area contributed by atoms with Crippen LogP contribution >= 0.6 is 23.5 Å². The molecule has 0 aliphatic rings. The van der Waals surface area contributed by atoms with Gasteiger partial charge < -0.3 is 20.4 Å². The molecule has 0 fully saturated rings. The molecule has 0 saturated carbocycles. The molecule has 0 aliphatic carbocycles. The summed E-state index contributed by atoms with van der Waals surface area (Å²) in [5.41, 5.74) is 0.814. The highest BCUT2D eigenvalue weighted by Crippen LogP contribution is 2.33. The first-order valence-corrected chi connectivity index (χ1v) is 12.5. The first-order chi connectivity index (χ1) is 18.1. The lowest BCUT2D eigenvalue weighted by Crippen LogP contribution is -2.07. The van der Waals surface area contributed by atoms with Gasteiger partial charge in [0.05, 0.1) is 22.3 Å². The number of benzene rings is 4. The number of carbonyl (C=O) groups is 4. The Bertz CT molecular complexity index is 1440. The predicted molar refractivity (Wildman–Crippen MR) is 141 cm³/mol. The van der Waals surface area contributed by atoms with Crippen molar-refractivity contribution >= 4 is 47.4 Å². The normalized spacial score (nSPS) is 10.6. The molecule has 190 valence electrons. The molecule has 10 heteroatoms. The van der Waals surface area contributed by atoms with Crippen molar-refractivity contribution < 1.29 is 39.6 Å². The van der Waals surface area contributed by atoms with Crippen molar-refractivity contribution in [2.75, 3.05) is 0 Å². The van der Waals surface area contributed by atoms with Gasteiger partial charge in [0.25, 0.3) is 0 Å². The number of hydrogen-bond donors (Lipinski definition) is 4. The van der Waals surface area contributed by atoms with E-state index in [1.54, 1.807) is 12.1 Å². The van der Waals surface area contributed by atoms with Gasteiger partial charge in [-0.25, -0.2) is 19.2 Å². The van der Waals surface area contributed by atoms with E-state index >= 15 is 0 Å². The van der Waals surface area contributed by atoms with Crippen LogP contribution in [0.3, 0.4) is 0 Å². The van der Waals surface area contributed by atoms with E-state index in [1.165, 1.54) is 47.8 Å². The summed E-state index contributed by atoms with van der Waals surface area (Å²) in [6.45, 7) is 0. The molecule has 4 N–H and O–H groups in total. The van der Waals surface area contributed by atoms with Crippen LogP contribution in [0, 0.1) is 0 Å². The summed E-state index contributed by atoms with van der Waals surface area (Å²) in [5, 5.41) is 37.0. The van der Waals surface area contributed by atoms with Gasteiger partial charge in [0.15, 0.2) is 0 Å². The first kappa shape index (κ1) is 26.5. The quantitative estimate of drug-likeness (QED) is 0.184. The van der Waals surface area contributed by atoms with E-state index < -0.39 is 23.9 Å². The molecular weight excluding hydrogens is 528 g/mol. The molecule has 0 spiro atoms. The van der Waals surface area contributed by atoms with Crippen LogP contribution in [0.25, 0.3) is 11.1 Å². The topological polar surface area (TPSA) is 149 Å². The Labute approximate surface area is 224 Å². The van der Waals surface area contributed by atoms with Crippen LogP contribution < -0.4 is 0 Å². The van der Waals surface area contributed by atoms with E-state index in [0.29, 0.717) is 9.79 Å². The zero-order chi connectivity index (χ0) is 27.4. The predicted octanol–water partition coefficient (Wildman–Crippen LogP) is 6.45. The molecule has 0 radical (unpaired) electrons. The average molecular weight is 547 g/mol. The van der Waals surface area contributed by atoms with Gasteiger partial charge in [0.1, 0.15) is 0 Å². The van der Waals surface area contributed by atoms with E-state index in [-0.39, 0.29) is 22.3 Å². The maximum absolute atomic E-state index is 11.4. The fourth-order valence-corrected chi connectivity index (χ4v) is 5.32. The summed E-state index contributed by atoms with van der Waals surface area (Å²) in [6, 6.07) is 23.6. The van der Waals surface area contributed by atoms with Gasteiger partial charge in [-0.3, -0.25) is 0 Å². The minimum Gasteiger partial charge on any atom is -0.478 e. The zero-order valence-electron chi connectivity index (χ0n) is 19.3. The number of carboxylic acids is 4. The van der Waals surface area contributed by atoms with Gasteiger partial charge in [-0.1, -0.05) is 47.8 Å². The lowest BCUT2D eigenvalue weighted by molar-refractivity contribution is 0.0651. The maximum atomic E-state index is 11.4. The van der Waals surface area contributed by atoms with E-state index in [9.17, 15) is 39.6 Å². The Balaban J connectivity index is 1.47. The van der Waals surface area contributed by atoms with Crippen molar-refractivity contribution in [2.24, 2.45) is 0 Å². The number of aromatic carboxylic acids is 4. The second kappa shape index (κ2) is 11.2. The molecule has 38 heavy (non-hydrogen) atoms. The van der Waals surface area contributed by atoms with E-state index in [4.69, 9.17) is 0 Å². The Kier molecular flexibility index (Phi) is 7.85. The Morgan fingerprint density at radius 1 is 0.395 bits per heavy atom. The van der Waals surface area contributed by atoms with E-state index in [0.717, 1.165) is 20.9 Å². The van der Waals surface area contributed by atoms with Gasteiger partial charge in [0.2, 0.25) is 0 Å². The van der Waals surface area contributed by atoms with E-state index in [1.807, 2.05) is 48.5 Å². The molecule has 0 bridgehead atoms. The molecule has 0 amide bonds. The van der Waals surface area contributed by atoms with Gasteiger partial charge in [-0.2, -0.15) is 0 Å². The Morgan fingerprint density at radius 2 is 0.684 bits per heavy atom. The Morgan fingerprint density at radius 3 is 0.974 bits per heavy atom. The first-order valence-electron chi connectivity index (χ1n) is 10.9. The standard InChI is InChI=1S/C28H18O8S2/c29-25(30)21-11-9-19(13-23(21)27(33)34)37-17-5-1-15(2-6-17)16-3-7-18(8-4-16)38-20-10-12-22(26(31)32)24(14-20)28(35)36/h1-14H,(H,29,30)(H,31,32)(H,33,34)(H,35,36). The molecule has 4 rings (SSSR count). The monoisotopic (exact) mass is 546 g/mol. The van der Waals surface area contributed by atoms with Crippen molar-refractivity contribution in [2.45, 2.75) is 19.6 Å². The fraction of sp³-hybridized carbons (Fsp3) is 0. The number of rotatable bonds is 9. The molecule has 0 saturated heterocycles. The molecule has 8 nitrogen and oxygen atoms in total. The molecule has 4 aromatic carbocycles. The van der Waals surface area contributed by atoms with Crippen LogP contribution in [0.15, 0.2) is 105 Å². The maximum Gasteiger partial charge on any atom is 0.336 e.